The number of alkyl halides is 3. The molecule has 7 heteroatoms. The number of nitrogens with one attached hydrogen (secondary N) is 1. The average Bonchev–Trinajstić information content (AvgIpc) is 2.37. The van der Waals surface area contributed by atoms with Crippen molar-refractivity contribution in [2.75, 3.05) is 11.1 Å². The molecule has 3 N–H and O–H groups in total. The van der Waals surface area contributed by atoms with Gasteiger partial charge in [0.05, 0.1) is 27.6 Å². The van der Waals surface area contributed by atoms with Crippen LogP contribution in [0, 0.1) is 0 Å². The zero-order valence-electron chi connectivity index (χ0n) is 10.2. The van der Waals surface area contributed by atoms with Crippen molar-refractivity contribution in [3.8, 4) is 0 Å². The van der Waals surface area contributed by atoms with Gasteiger partial charge in [0.25, 0.3) is 0 Å². The van der Waals surface area contributed by atoms with E-state index >= 15 is 0 Å². The van der Waals surface area contributed by atoms with Crippen LogP contribution >= 0.6 is 15.9 Å². The molecule has 1 aromatic heterocycles. The first kappa shape index (κ1) is 14.6. The monoisotopic (exact) mass is 345 g/mol. The molecule has 0 saturated carbocycles. The van der Waals surface area contributed by atoms with Crippen LogP contribution in [-0.2, 0) is 12.7 Å². The Morgan fingerprint density at radius 2 is 1.90 bits per heavy atom. The molecule has 0 fully saturated rings. The van der Waals surface area contributed by atoms with E-state index < -0.39 is 11.7 Å². The Kier molecular flexibility index (Phi) is 4.17. The van der Waals surface area contributed by atoms with Gasteiger partial charge >= 0.3 is 6.18 Å². The molecule has 20 heavy (non-hydrogen) atoms. The van der Waals surface area contributed by atoms with E-state index in [4.69, 9.17) is 5.73 Å². The summed E-state index contributed by atoms with van der Waals surface area (Å²) in [6.07, 6.45) is -1.42. The quantitative estimate of drug-likeness (QED) is 0.881. The van der Waals surface area contributed by atoms with E-state index in [0.717, 1.165) is 6.07 Å². The van der Waals surface area contributed by atoms with Gasteiger partial charge in [0.2, 0.25) is 0 Å². The van der Waals surface area contributed by atoms with E-state index in [2.05, 4.69) is 26.2 Å². The number of benzene rings is 1. The van der Waals surface area contributed by atoms with Crippen LogP contribution in [0.25, 0.3) is 0 Å². The first-order chi connectivity index (χ1) is 9.39. The van der Waals surface area contributed by atoms with Gasteiger partial charge in [0.15, 0.2) is 0 Å². The van der Waals surface area contributed by atoms with Gasteiger partial charge in [-0.1, -0.05) is 18.2 Å². The third-order valence-electron chi connectivity index (χ3n) is 2.71. The molecule has 2 rings (SSSR count). The van der Waals surface area contributed by atoms with Gasteiger partial charge in [-0.25, -0.2) is 0 Å². The zero-order chi connectivity index (χ0) is 14.8. The number of nitrogen functional groups attached to an aromatic ring is 1. The standard InChI is InChI=1S/C13H11BrF3N3/c14-10-6-19-7-11(18)12(10)20-5-8-3-1-2-4-9(8)13(15,16)17/h1-4,6-7H,5,18H2,(H,19,20). The summed E-state index contributed by atoms with van der Waals surface area (Å²) in [5.41, 5.74) is 6.12. The van der Waals surface area contributed by atoms with Gasteiger partial charge in [-0.3, -0.25) is 4.98 Å². The normalized spacial score (nSPS) is 11.4. The Morgan fingerprint density at radius 1 is 1.20 bits per heavy atom. The minimum atomic E-state index is -4.38. The molecular formula is C13H11BrF3N3. The number of rotatable bonds is 3. The molecule has 106 valence electrons. The maximum Gasteiger partial charge on any atom is 0.416 e. The number of nitrogens with zero attached hydrogens (tertiary/aromatic N) is 1. The van der Waals surface area contributed by atoms with Crippen molar-refractivity contribution in [3.05, 3.63) is 52.3 Å². The highest BCUT2D eigenvalue weighted by Gasteiger charge is 2.32. The lowest BCUT2D eigenvalue weighted by Gasteiger charge is -2.15. The number of pyridine rings is 1. The first-order valence-electron chi connectivity index (χ1n) is 5.67. The molecule has 0 unspecified atom stereocenters. The van der Waals surface area contributed by atoms with Gasteiger partial charge in [-0.15, -0.1) is 0 Å². The van der Waals surface area contributed by atoms with Gasteiger partial charge in [-0.2, -0.15) is 13.2 Å². The predicted molar refractivity (Wildman–Crippen MR) is 75.1 cm³/mol. The summed E-state index contributed by atoms with van der Waals surface area (Å²) in [7, 11) is 0. The molecule has 0 saturated heterocycles. The van der Waals surface area contributed by atoms with Gasteiger partial charge < -0.3 is 11.1 Å². The number of anilines is 2. The van der Waals surface area contributed by atoms with Crippen molar-refractivity contribution < 1.29 is 13.2 Å². The second-order valence-corrected chi connectivity index (χ2v) is 4.95. The summed E-state index contributed by atoms with van der Waals surface area (Å²) in [5.74, 6) is 0. The molecular weight excluding hydrogens is 335 g/mol. The molecule has 3 nitrogen and oxygen atoms in total. The van der Waals surface area contributed by atoms with E-state index in [0.29, 0.717) is 15.8 Å². The predicted octanol–water partition coefficient (Wildman–Crippen LogP) is 4.06. The molecule has 0 aliphatic rings. The molecule has 0 bridgehead atoms. The van der Waals surface area contributed by atoms with Crippen LogP contribution in [-0.4, -0.2) is 4.98 Å². The number of aromatic nitrogens is 1. The van der Waals surface area contributed by atoms with Crippen LogP contribution in [0.2, 0.25) is 0 Å². The summed E-state index contributed by atoms with van der Waals surface area (Å²) in [6, 6.07) is 5.42. The summed E-state index contributed by atoms with van der Waals surface area (Å²) in [6.45, 7) is 0.0164. The molecule has 0 spiro atoms. The van der Waals surface area contributed by atoms with Crippen LogP contribution in [0.15, 0.2) is 41.1 Å². The van der Waals surface area contributed by atoms with E-state index in [1.165, 1.54) is 24.5 Å². The van der Waals surface area contributed by atoms with Crippen molar-refractivity contribution in [2.24, 2.45) is 0 Å². The highest BCUT2D eigenvalue weighted by molar-refractivity contribution is 9.10. The maximum atomic E-state index is 12.9. The Hall–Kier alpha value is -1.76. The molecule has 0 aliphatic heterocycles. The van der Waals surface area contributed by atoms with Crippen molar-refractivity contribution in [1.82, 2.24) is 4.98 Å². The van der Waals surface area contributed by atoms with Crippen molar-refractivity contribution >= 4 is 27.3 Å². The van der Waals surface area contributed by atoms with Crippen LogP contribution < -0.4 is 11.1 Å². The number of halogens is 4. The van der Waals surface area contributed by atoms with Crippen molar-refractivity contribution in [1.29, 1.82) is 0 Å². The third-order valence-corrected chi connectivity index (χ3v) is 3.31. The second kappa shape index (κ2) is 5.70. The minimum absolute atomic E-state index is 0.0164. The third kappa shape index (κ3) is 3.22. The van der Waals surface area contributed by atoms with E-state index in [-0.39, 0.29) is 12.1 Å². The number of hydrogen-bond acceptors (Lipinski definition) is 3. The highest BCUT2D eigenvalue weighted by Crippen LogP contribution is 2.33. The fourth-order valence-electron chi connectivity index (χ4n) is 1.77. The average molecular weight is 346 g/mol. The highest BCUT2D eigenvalue weighted by atomic mass is 79.9. The Labute approximate surface area is 122 Å². The largest absolute Gasteiger partial charge is 0.416 e. The fraction of sp³-hybridized carbons (Fsp3) is 0.154. The SMILES string of the molecule is Nc1cncc(Br)c1NCc1ccccc1C(F)(F)F. The lowest BCUT2D eigenvalue weighted by atomic mass is 10.1. The lowest BCUT2D eigenvalue weighted by Crippen LogP contribution is -2.12. The Bertz CT molecular complexity index is 594. The fourth-order valence-corrected chi connectivity index (χ4v) is 2.26. The molecule has 0 amide bonds. The van der Waals surface area contributed by atoms with E-state index in [1.807, 2.05) is 0 Å². The topological polar surface area (TPSA) is 50.9 Å². The first-order valence-corrected chi connectivity index (χ1v) is 6.47. The molecule has 1 heterocycles. The molecule has 2 aromatic rings. The molecule has 1 aromatic carbocycles. The summed E-state index contributed by atoms with van der Waals surface area (Å²) < 4.78 is 39.2. The smallest absolute Gasteiger partial charge is 0.396 e. The van der Waals surface area contributed by atoms with Crippen molar-refractivity contribution in [2.45, 2.75) is 12.7 Å². The van der Waals surface area contributed by atoms with Gasteiger partial charge in [-0.05, 0) is 27.6 Å². The minimum Gasteiger partial charge on any atom is -0.396 e. The lowest BCUT2D eigenvalue weighted by molar-refractivity contribution is -0.138. The van der Waals surface area contributed by atoms with Crippen LogP contribution in [0.5, 0.6) is 0 Å². The van der Waals surface area contributed by atoms with Crippen LogP contribution in [0.3, 0.4) is 0 Å². The summed E-state index contributed by atoms with van der Waals surface area (Å²) in [5, 5.41) is 2.90. The molecule has 0 aliphatic carbocycles. The Balaban J connectivity index is 2.24. The van der Waals surface area contributed by atoms with E-state index in [1.54, 1.807) is 6.07 Å². The van der Waals surface area contributed by atoms with Gasteiger partial charge in [0, 0.05) is 12.7 Å². The molecule has 0 radical (unpaired) electrons. The van der Waals surface area contributed by atoms with Crippen LogP contribution in [0.4, 0.5) is 24.5 Å². The number of hydrogen-bond donors (Lipinski definition) is 2. The Morgan fingerprint density at radius 3 is 2.55 bits per heavy atom. The summed E-state index contributed by atoms with van der Waals surface area (Å²) in [4.78, 5) is 3.86. The second-order valence-electron chi connectivity index (χ2n) is 4.09. The number of nitrogens with two attached hydrogens (primary N) is 1. The van der Waals surface area contributed by atoms with Crippen molar-refractivity contribution in [3.63, 3.8) is 0 Å². The summed E-state index contributed by atoms with van der Waals surface area (Å²) >= 11 is 3.25. The molecule has 0 atom stereocenters. The maximum absolute atomic E-state index is 12.9. The van der Waals surface area contributed by atoms with Crippen LogP contribution in [0.1, 0.15) is 11.1 Å². The van der Waals surface area contributed by atoms with Gasteiger partial charge in [0.1, 0.15) is 0 Å². The van der Waals surface area contributed by atoms with E-state index in [9.17, 15) is 13.2 Å². The zero-order valence-corrected chi connectivity index (χ0v) is 11.8.